The van der Waals surface area contributed by atoms with Crippen molar-refractivity contribution in [2.45, 2.75) is 37.8 Å². The van der Waals surface area contributed by atoms with Crippen molar-refractivity contribution in [2.75, 3.05) is 19.4 Å². The predicted octanol–water partition coefficient (Wildman–Crippen LogP) is 3.19. The molecular weight excluding hydrogens is 499 g/mol. The molecule has 0 aliphatic heterocycles. The SMILES string of the molecule is CN(C)S(=O)(=O)NC1CCC(Nc2ncc3cc(-c4ccccc4Cl)c(=O)n(C)c3n2)CC1.Cl. The highest BCUT2D eigenvalue weighted by atomic mass is 35.5. The smallest absolute Gasteiger partial charge is 0.279 e. The first-order chi connectivity index (χ1) is 15.7. The van der Waals surface area contributed by atoms with Gasteiger partial charge < -0.3 is 5.32 Å². The van der Waals surface area contributed by atoms with Gasteiger partial charge in [-0.25, -0.2) is 4.98 Å². The van der Waals surface area contributed by atoms with Gasteiger partial charge in [-0.3, -0.25) is 9.36 Å². The fourth-order valence-corrected chi connectivity index (χ4v) is 5.15. The number of nitrogens with one attached hydrogen (secondary N) is 2. The van der Waals surface area contributed by atoms with E-state index in [1.807, 2.05) is 18.2 Å². The lowest BCUT2D eigenvalue weighted by Gasteiger charge is -2.30. The zero-order valence-electron chi connectivity index (χ0n) is 19.2. The minimum absolute atomic E-state index is 0. The summed E-state index contributed by atoms with van der Waals surface area (Å²) < 4.78 is 29.5. The number of fused-ring (bicyclic) bond motifs is 1. The van der Waals surface area contributed by atoms with E-state index in [0.29, 0.717) is 27.7 Å². The van der Waals surface area contributed by atoms with Crippen molar-refractivity contribution in [1.82, 2.24) is 23.6 Å². The Morgan fingerprint density at radius 2 is 1.74 bits per heavy atom. The second-order valence-electron chi connectivity index (χ2n) is 8.47. The summed E-state index contributed by atoms with van der Waals surface area (Å²) in [6, 6.07) is 9.04. The normalized spacial score (nSPS) is 18.6. The third-order valence-electron chi connectivity index (χ3n) is 5.97. The van der Waals surface area contributed by atoms with E-state index < -0.39 is 10.2 Å². The molecule has 1 aliphatic carbocycles. The van der Waals surface area contributed by atoms with Crippen molar-refractivity contribution < 1.29 is 8.42 Å². The van der Waals surface area contributed by atoms with Crippen LogP contribution in [-0.2, 0) is 17.3 Å². The summed E-state index contributed by atoms with van der Waals surface area (Å²) in [7, 11) is 1.27. The van der Waals surface area contributed by atoms with E-state index in [1.54, 1.807) is 25.4 Å². The molecule has 0 unspecified atom stereocenters. The molecule has 0 atom stereocenters. The van der Waals surface area contributed by atoms with E-state index in [1.165, 1.54) is 23.0 Å². The number of nitrogens with zero attached hydrogens (tertiary/aromatic N) is 4. The molecule has 3 aromatic rings. The molecule has 9 nitrogen and oxygen atoms in total. The maximum Gasteiger partial charge on any atom is 0.279 e. The molecule has 2 aromatic heterocycles. The highest BCUT2D eigenvalue weighted by Crippen LogP contribution is 2.27. The largest absolute Gasteiger partial charge is 0.351 e. The number of anilines is 1. The van der Waals surface area contributed by atoms with Crippen LogP contribution >= 0.6 is 24.0 Å². The van der Waals surface area contributed by atoms with E-state index >= 15 is 0 Å². The number of benzene rings is 1. The number of pyridine rings is 1. The van der Waals surface area contributed by atoms with E-state index in [0.717, 1.165) is 31.1 Å². The van der Waals surface area contributed by atoms with Crippen molar-refractivity contribution in [3.05, 3.63) is 51.9 Å². The Labute approximate surface area is 210 Å². The van der Waals surface area contributed by atoms with Crippen LogP contribution < -0.4 is 15.6 Å². The van der Waals surface area contributed by atoms with Crippen LogP contribution in [-0.4, -0.2) is 53.4 Å². The zero-order chi connectivity index (χ0) is 23.8. The van der Waals surface area contributed by atoms with Gasteiger partial charge in [0.2, 0.25) is 5.95 Å². The summed E-state index contributed by atoms with van der Waals surface area (Å²) in [5.41, 5.74) is 1.51. The maximum absolute atomic E-state index is 13.0. The summed E-state index contributed by atoms with van der Waals surface area (Å²) in [6.07, 6.45) is 4.70. The van der Waals surface area contributed by atoms with Crippen LogP contribution in [0.5, 0.6) is 0 Å². The monoisotopic (exact) mass is 526 g/mol. The summed E-state index contributed by atoms with van der Waals surface area (Å²) in [6.45, 7) is 0. The van der Waals surface area contributed by atoms with Gasteiger partial charge in [0.15, 0.2) is 0 Å². The number of hydrogen-bond donors (Lipinski definition) is 2. The lowest BCUT2D eigenvalue weighted by molar-refractivity contribution is 0.378. The second-order valence-corrected chi connectivity index (χ2v) is 10.8. The Kier molecular flexibility index (Phi) is 8.20. The molecule has 4 rings (SSSR count). The first-order valence-corrected chi connectivity index (χ1v) is 12.6. The van der Waals surface area contributed by atoms with Gasteiger partial charge in [-0.1, -0.05) is 29.8 Å². The predicted molar refractivity (Wildman–Crippen MR) is 138 cm³/mol. The van der Waals surface area contributed by atoms with Gasteiger partial charge in [-0.15, -0.1) is 12.4 Å². The lowest BCUT2D eigenvalue weighted by Crippen LogP contribution is -2.44. The molecule has 2 heterocycles. The average Bonchev–Trinajstić information content (AvgIpc) is 2.78. The second kappa shape index (κ2) is 10.6. The van der Waals surface area contributed by atoms with Crippen LogP contribution in [0.15, 0.2) is 41.3 Å². The third kappa shape index (κ3) is 5.52. The fraction of sp³-hybridized carbons (Fsp3) is 0.409. The number of halogens is 2. The van der Waals surface area contributed by atoms with Gasteiger partial charge in [0.05, 0.1) is 0 Å². The van der Waals surface area contributed by atoms with Crippen LogP contribution in [0, 0.1) is 0 Å². The maximum atomic E-state index is 13.0. The molecule has 1 aliphatic rings. The van der Waals surface area contributed by atoms with Gasteiger partial charge in [0, 0.05) is 61.0 Å². The summed E-state index contributed by atoms with van der Waals surface area (Å²) in [5, 5.41) is 4.58. The Hall–Kier alpha value is -2.24. The molecular formula is C22H28Cl2N6O3S. The molecule has 184 valence electrons. The molecule has 2 N–H and O–H groups in total. The van der Waals surface area contributed by atoms with Crippen LogP contribution in [0.1, 0.15) is 25.7 Å². The van der Waals surface area contributed by atoms with E-state index in [-0.39, 0.29) is 30.0 Å². The zero-order valence-corrected chi connectivity index (χ0v) is 21.5. The van der Waals surface area contributed by atoms with Crippen LogP contribution in [0.2, 0.25) is 5.02 Å². The molecule has 12 heteroatoms. The highest BCUT2D eigenvalue weighted by molar-refractivity contribution is 7.87. The molecule has 0 amide bonds. The highest BCUT2D eigenvalue weighted by Gasteiger charge is 2.26. The van der Waals surface area contributed by atoms with Crippen molar-refractivity contribution in [3.63, 3.8) is 0 Å². The molecule has 1 fully saturated rings. The molecule has 1 aromatic carbocycles. The molecule has 1 saturated carbocycles. The standard InChI is InChI=1S/C22H27ClN6O3S.ClH/c1-28(2)33(31,32)27-16-10-8-15(9-11-16)25-22-24-13-14-12-18(17-6-4-5-7-19(17)23)21(30)29(3)20(14)26-22;/h4-7,12-13,15-16,27H,8-11H2,1-3H3,(H,24,25,26);1H. The Morgan fingerprint density at radius 3 is 2.38 bits per heavy atom. The van der Waals surface area contributed by atoms with Gasteiger partial charge in [0.25, 0.3) is 15.8 Å². The summed E-state index contributed by atoms with van der Waals surface area (Å²) in [4.78, 5) is 22.0. The molecule has 0 saturated heterocycles. The van der Waals surface area contributed by atoms with E-state index in [9.17, 15) is 13.2 Å². The molecule has 0 spiro atoms. The summed E-state index contributed by atoms with van der Waals surface area (Å²) in [5.74, 6) is 0.445. The Bertz CT molecular complexity index is 1340. The number of aryl methyl sites for hydroxylation is 1. The van der Waals surface area contributed by atoms with Crippen molar-refractivity contribution in [2.24, 2.45) is 7.05 Å². The fourth-order valence-electron chi connectivity index (χ4n) is 4.04. The van der Waals surface area contributed by atoms with Crippen LogP contribution in [0.4, 0.5) is 5.95 Å². The number of aromatic nitrogens is 3. The van der Waals surface area contributed by atoms with Crippen molar-refractivity contribution in [3.8, 4) is 11.1 Å². The van der Waals surface area contributed by atoms with Gasteiger partial charge in [0.1, 0.15) is 5.65 Å². The minimum Gasteiger partial charge on any atom is -0.351 e. The Morgan fingerprint density at radius 1 is 1.09 bits per heavy atom. The molecule has 0 bridgehead atoms. The van der Waals surface area contributed by atoms with Crippen molar-refractivity contribution >= 4 is 51.2 Å². The van der Waals surface area contributed by atoms with Gasteiger partial charge in [-0.2, -0.15) is 22.4 Å². The first-order valence-electron chi connectivity index (χ1n) is 10.7. The van der Waals surface area contributed by atoms with E-state index in [4.69, 9.17) is 11.6 Å². The Balaban J connectivity index is 0.00000324. The summed E-state index contributed by atoms with van der Waals surface area (Å²) >= 11 is 6.30. The molecule has 0 radical (unpaired) electrons. The van der Waals surface area contributed by atoms with Gasteiger partial charge in [-0.05, 0) is 37.8 Å². The number of hydrogen-bond acceptors (Lipinski definition) is 6. The van der Waals surface area contributed by atoms with Gasteiger partial charge >= 0.3 is 0 Å². The van der Waals surface area contributed by atoms with Crippen molar-refractivity contribution in [1.29, 1.82) is 0 Å². The quantitative estimate of drug-likeness (QED) is 0.510. The van der Waals surface area contributed by atoms with Crippen LogP contribution in [0.3, 0.4) is 0 Å². The first kappa shape index (κ1) is 26.4. The third-order valence-corrected chi connectivity index (χ3v) is 7.89. The topological polar surface area (TPSA) is 109 Å². The molecule has 34 heavy (non-hydrogen) atoms. The van der Waals surface area contributed by atoms with E-state index in [2.05, 4.69) is 20.0 Å². The minimum atomic E-state index is -3.44. The van der Waals surface area contributed by atoms with Crippen LogP contribution in [0.25, 0.3) is 22.2 Å². The number of rotatable bonds is 6. The lowest BCUT2D eigenvalue weighted by atomic mass is 9.92. The average molecular weight is 527 g/mol.